The molecule has 1 fully saturated rings. The summed E-state index contributed by atoms with van der Waals surface area (Å²) in [5, 5.41) is 3.06. The van der Waals surface area contributed by atoms with E-state index in [1.807, 2.05) is 37.3 Å². The Bertz CT molecular complexity index is 1630. The number of amidine groups is 1. The van der Waals surface area contributed by atoms with Gasteiger partial charge in [-0.05, 0) is 37.3 Å². The van der Waals surface area contributed by atoms with Crippen LogP contribution in [0.5, 0.6) is 11.5 Å². The Morgan fingerprint density at radius 2 is 1.82 bits per heavy atom. The summed E-state index contributed by atoms with van der Waals surface area (Å²) in [4.78, 5) is 36.0. The number of nitrogens with two attached hydrogens (primary N) is 1. The molecule has 3 heterocycles. The zero-order valence-electron chi connectivity index (χ0n) is 22.0. The summed E-state index contributed by atoms with van der Waals surface area (Å²) < 4.78 is 14.5. The Balaban J connectivity index is 1.33. The molecular formula is C28H28ClN7O4. The van der Waals surface area contributed by atoms with E-state index in [2.05, 4.69) is 15.3 Å². The molecule has 0 bridgehead atoms. The normalized spacial score (nSPS) is 13.8. The van der Waals surface area contributed by atoms with E-state index >= 15 is 0 Å². The number of aliphatic imine (C=N–C) groups is 1. The molecule has 4 aromatic rings. The van der Waals surface area contributed by atoms with E-state index in [1.54, 1.807) is 47.0 Å². The number of nitrogens with zero attached hydrogens (tertiary/aromatic N) is 5. The van der Waals surface area contributed by atoms with Crippen LogP contribution >= 0.6 is 11.6 Å². The third kappa shape index (κ3) is 5.70. The van der Waals surface area contributed by atoms with Crippen molar-refractivity contribution in [2.45, 2.75) is 6.92 Å². The number of carbonyl (C=O) groups excluding carboxylic acids is 1. The van der Waals surface area contributed by atoms with Gasteiger partial charge in [0.25, 0.3) is 5.56 Å². The lowest BCUT2D eigenvalue weighted by atomic mass is 10.2. The van der Waals surface area contributed by atoms with Crippen molar-refractivity contribution in [1.82, 2.24) is 19.2 Å². The molecule has 0 saturated carbocycles. The molecule has 5 rings (SSSR count). The topological polar surface area (TPSA) is 129 Å². The van der Waals surface area contributed by atoms with Crippen molar-refractivity contribution in [3.8, 4) is 17.2 Å². The predicted octanol–water partition coefficient (Wildman–Crippen LogP) is 4.23. The zero-order valence-corrected chi connectivity index (χ0v) is 22.8. The number of urea groups is 1. The van der Waals surface area contributed by atoms with Crippen LogP contribution in [-0.4, -0.2) is 57.4 Å². The van der Waals surface area contributed by atoms with Crippen LogP contribution in [0, 0.1) is 6.92 Å². The number of carbonyl (C=O) groups is 1. The molecule has 0 unspecified atom stereocenters. The fourth-order valence-corrected chi connectivity index (χ4v) is 4.54. The molecule has 0 radical (unpaired) electrons. The Labute approximate surface area is 235 Å². The summed E-state index contributed by atoms with van der Waals surface area (Å²) in [6.45, 7) is 3.86. The van der Waals surface area contributed by atoms with E-state index in [1.165, 1.54) is 10.9 Å². The molecule has 12 heteroatoms. The number of ether oxygens (including phenoxy) is 2. The Morgan fingerprint density at radius 1 is 1.10 bits per heavy atom. The predicted molar refractivity (Wildman–Crippen MR) is 153 cm³/mol. The number of nitrogens with one attached hydrogen (secondary N) is 1. The summed E-state index contributed by atoms with van der Waals surface area (Å²) in [6, 6.07) is 17.3. The average Bonchev–Trinajstić information content (AvgIpc) is 3.18. The highest BCUT2D eigenvalue weighted by Crippen LogP contribution is 2.32. The summed E-state index contributed by atoms with van der Waals surface area (Å²) in [5.41, 5.74) is 8.10. The van der Waals surface area contributed by atoms with Gasteiger partial charge in [0.15, 0.2) is 0 Å². The van der Waals surface area contributed by atoms with Gasteiger partial charge in [-0.15, -0.1) is 0 Å². The lowest BCUT2D eigenvalue weighted by Gasteiger charge is -2.26. The van der Waals surface area contributed by atoms with Crippen molar-refractivity contribution in [1.29, 1.82) is 0 Å². The van der Waals surface area contributed by atoms with Crippen molar-refractivity contribution < 1.29 is 14.3 Å². The molecule has 3 N–H and O–H groups in total. The molecule has 40 heavy (non-hydrogen) atoms. The summed E-state index contributed by atoms with van der Waals surface area (Å²) in [7, 11) is 1.79. The minimum atomic E-state index is -0.280. The quantitative estimate of drug-likeness (QED) is 0.268. The summed E-state index contributed by atoms with van der Waals surface area (Å²) >= 11 is 6.51. The summed E-state index contributed by atoms with van der Waals surface area (Å²) in [6.07, 6.45) is 1.54. The van der Waals surface area contributed by atoms with E-state index in [-0.39, 0.29) is 22.4 Å². The highest BCUT2D eigenvalue weighted by Gasteiger charge is 2.20. The lowest BCUT2D eigenvalue weighted by molar-refractivity contribution is 0.0564. The van der Waals surface area contributed by atoms with Gasteiger partial charge in [-0.25, -0.2) is 19.5 Å². The molecule has 2 aromatic carbocycles. The number of benzene rings is 2. The number of amides is 2. The fraction of sp³-hybridized carbons (Fsp3) is 0.214. The molecule has 0 atom stereocenters. The van der Waals surface area contributed by atoms with Crippen LogP contribution in [0.25, 0.3) is 5.69 Å². The molecule has 0 spiro atoms. The van der Waals surface area contributed by atoms with Crippen molar-refractivity contribution in [3.05, 3.63) is 93.5 Å². The van der Waals surface area contributed by atoms with E-state index in [0.29, 0.717) is 60.6 Å². The smallest absolute Gasteiger partial charge is 0.323 e. The first-order valence-corrected chi connectivity index (χ1v) is 13.0. The van der Waals surface area contributed by atoms with E-state index in [9.17, 15) is 9.59 Å². The molecule has 206 valence electrons. The largest absolute Gasteiger partial charge is 0.457 e. The van der Waals surface area contributed by atoms with Gasteiger partial charge in [0, 0.05) is 44.2 Å². The lowest BCUT2D eigenvalue weighted by Crippen LogP contribution is -2.43. The third-order valence-corrected chi connectivity index (χ3v) is 6.77. The van der Waals surface area contributed by atoms with Crippen LogP contribution < -0.4 is 21.3 Å². The minimum absolute atomic E-state index is 0.0538. The average molecular weight is 562 g/mol. The third-order valence-electron chi connectivity index (χ3n) is 6.47. The zero-order chi connectivity index (χ0) is 28.2. The first-order valence-electron chi connectivity index (χ1n) is 12.6. The molecule has 1 aliphatic heterocycles. The van der Waals surface area contributed by atoms with Gasteiger partial charge >= 0.3 is 6.03 Å². The number of hydrogen-bond acceptors (Lipinski definition) is 6. The maximum Gasteiger partial charge on any atom is 0.323 e. The number of rotatable bonds is 6. The van der Waals surface area contributed by atoms with Crippen molar-refractivity contribution in [3.63, 3.8) is 0 Å². The number of halogens is 1. The number of morpholine rings is 1. The van der Waals surface area contributed by atoms with Gasteiger partial charge in [0.2, 0.25) is 0 Å². The van der Waals surface area contributed by atoms with Gasteiger partial charge in [0.1, 0.15) is 28.7 Å². The van der Waals surface area contributed by atoms with Crippen LogP contribution in [0.15, 0.2) is 76.6 Å². The second-order valence-electron chi connectivity index (χ2n) is 9.06. The number of pyridine rings is 1. The first kappa shape index (κ1) is 27.0. The molecule has 2 aromatic heterocycles. The number of hydrogen-bond donors (Lipinski definition) is 2. The molecular weight excluding hydrogens is 534 g/mol. The number of para-hydroxylation sites is 1. The number of aromatic nitrogens is 3. The van der Waals surface area contributed by atoms with Crippen LogP contribution in [0.3, 0.4) is 0 Å². The monoisotopic (exact) mass is 561 g/mol. The maximum absolute atomic E-state index is 13.3. The minimum Gasteiger partial charge on any atom is -0.457 e. The van der Waals surface area contributed by atoms with E-state index < -0.39 is 0 Å². The Morgan fingerprint density at radius 3 is 2.55 bits per heavy atom. The molecule has 2 amide bonds. The first-order chi connectivity index (χ1) is 19.3. The Hall–Kier alpha value is -4.61. The van der Waals surface area contributed by atoms with Crippen molar-refractivity contribution in [2.75, 3.05) is 31.6 Å². The van der Waals surface area contributed by atoms with Crippen molar-refractivity contribution in [2.24, 2.45) is 17.8 Å². The van der Waals surface area contributed by atoms with Gasteiger partial charge in [-0.1, -0.05) is 29.8 Å². The fourth-order valence-electron chi connectivity index (χ4n) is 4.32. The van der Waals surface area contributed by atoms with E-state index in [0.717, 1.165) is 5.69 Å². The van der Waals surface area contributed by atoms with Crippen LogP contribution in [0.4, 0.5) is 16.3 Å². The van der Waals surface area contributed by atoms with Gasteiger partial charge in [0.05, 0.1) is 29.6 Å². The van der Waals surface area contributed by atoms with Crippen LogP contribution in [-0.2, 0) is 11.8 Å². The highest BCUT2D eigenvalue weighted by molar-refractivity contribution is 6.33. The van der Waals surface area contributed by atoms with Gasteiger partial charge in [-0.3, -0.25) is 14.8 Å². The van der Waals surface area contributed by atoms with Crippen LogP contribution in [0.1, 0.15) is 11.3 Å². The highest BCUT2D eigenvalue weighted by atomic mass is 35.5. The molecule has 1 aliphatic rings. The molecule has 1 saturated heterocycles. The van der Waals surface area contributed by atoms with Gasteiger partial charge in [-0.2, -0.15) is 0 Å². The maximum atomic E-state index is 13.3. The standard InChI is InChI=1S/C28H28ClN7O4/c1-18-25(27(37)36(34(18)2)19-6-4-3-5-7-19)26(30)32-23-9-8-20(16-22(23)29)40-21-10-11-31-24(17-21)33-28(38)35-12-14-39-15-13-35/h3-11,16-17H,12-15H2,1-2H3,(H2,30,32)(H,31,33,38). The SMILES string of the molecule is Cc1c(C(N)=Nc2ccc(Oc3ccnc(NC(=O)N4CCOCC4)c3)cc2Cl)c(=O)n(-c2ccccc2)n1C. The van der Waals surface area contributed by atoms with E-state index in [4.69, 9.17) is 26.8 Å². The second kappa shape index (κ2) is 11.6. The van der Waals surface area contributed by atoms with Crippen LogP contribution in [0.2, 0.25) is 5.02 Å². The molecule has 0 aliphatic carbocycles. The molecule has 11 nitrogen and oxygen atoms in total. The van der Waals surface area contributed by atoms with Crippen molar-refractivity contribution >= 4 is 35.0 Å². The second-order valence-corrected chi connectivity index (χ2v) is 9.46. The number of anilines is 1. The van der Waals surface area contributed by atoms with Gasteiger partial charge < -0.3 is 20.1 Å². The summed E-state index contributed by atoms with van der Waals surface area (Å²) in [5.74, 6) is 1.31. The Kier molecular flexibility index (Phi) is 7.85.